The van der Waals surface area contributed by atoms with Crippen LogP contribution in [0.2, 0.25) is 5.02 Å². The quantitative estimate of drug-likeness (QED) is 0.870. The minimum Gasteiger partial charge on any atom is -0.329 e. The maximum absolute atomic E-state index is 12.5. The van der Waals surface area contributed by atoms with Crippen molar-refractivity contribution in [2.24, 2.45) is 5.73 Å². The molecule has 0 saturated heterocycles. The molecule has 0 bridgehead atoms. The van der Waals surface area contributed by atoms with Gasteiger partial charge in [-0.1, -0.05) is 30.5 Å². The first-order valence-electron chi connectivity index (χ1n) is 6.37. The first kappa shape index (κ1) is 18.2. The summed E-state index contributed by atoms with van der Waals surface area (Å²) in [4.78, 5) is -0.0905. The van der Waals surface area contributed by atoms with Crippen molar-refractivity contribution in [2.45, 2.75) is 36.1 Å². The molecule has 1 aromatic carbocycles. The number of nitrogens with zero attached hydrogens (tertiary/aromatic N) is 1. The van der Waals surface area contributed by atoms with E-state index < -0.39 is 15.6 Å². The zero-order valence-corrected chi connectivity index (χ0v) is 13.7. The fourth-order valence-electron chi connectivity index (χ4n) is 2.58. The van der Waals surface area contributed by atoms with Gasteiger partial charge in [-0.2, -0.15) is 5.26 Å². The van der Waals surface area contributed by atoms with Crippen molar-refractivity contribution in [1.82, 2.24) is 4.72 Å². The van der Waals surface area contributed by atoms with E-state index >= 15 is 0 Å². The molecule has 0 radical (unpaired) electrons. The first-order valence-corrected chi connectivity index (χ1v) is 8.23. The molecule has 1 fully saturated rings. The Morgan fingerprint density at radius 3 is 2.52 bits per heavy atom. The Hall–Kier alpha value is -0.840. The first-order chi connectivity index (χ1) is 9.44. The van der Waals surface area contributed by atoms with Crippen LogP contribution in [0.25, 0.3) is 0 Å². The smallest absolute Gasteiger partial charge is 0.242 e. The molecular formula is C13H17Cl2N3O2S. The fraction of sp³-hybridized carbons (Fsp3) is 0.462. The maximum Gasteiger partial charge on any atom is 0.242 e. The van der Waals surface area contributed by atoms with E-state index in [9.17, 15) is 8.42 Å². The van der Waals surface area contributed by atoms with Gasteiger partial charge < -0.3 is 5.73 Å². The molecule has 1 aliphatic carbocycles. The highest BCUT2D eigenvalue weighted by Crippen LogP contribution is 2.31. The molecular weight excluding hydrogens is 333 g/mol. The molecule has 2 rings (SSSR count). The SMILES string of the molecule is Cl.N#Cc1c(Cl)cccc1S(=O)(=O)NC1(CN)CCCC1. The van der Waals surface area contributed by atoms with Crippen LogP contribution in [-0.2, 0) is 10.0 Å². The largest absolute Gasteiger partial charge is 0.329 e. The molecule has 1 aliphatic rings. The fourth-order valence-corrected chi connectivity index (χ4v) is 4.50. The molecule has 5 nitrogen and oxygen atoms in total. The van der Waals surface area contributed by atoms with Crippen LogP contribution in [0.1, 0.15) is 31.2 Å². The van der Waals surface area contributed by atoms with Crippen molar-refractivity contribution in [3.8, 4) is 6.07 Å². The second-order valence-electron chi connectivity index (χ2n) is 5.02. The summed E-state index contributed by atoms with van der Waals surface area (Å²) >= 11 is 5.88. The van der Waals surface area contributed by atoms with Gasteiger partial charge in [0.25, 0.3) is 0 Å². The molecule has 0 heterocycles. The lowest BCUT2D eigenvalue weighted by atomic mass is 10.0. The van der Waals surface area contributed by atoms with E-state index in [-0.39, 0.29) is 34.4 Å². The monoisotopic (exact) mass is 349 g/mol. The average Bonchev–Trinajstić information content (AvgIpc) is 2.87. The van der Waals surface area contributed by atoms with E-state index in [0.29, 0.717) is 12.8 Å². The van der Waals surface area contributed by atoms with E-state index in [1.165, 1.54) is 18.2 Å². The zero-order valence-electron chi connectivity index (χ0n) is 11.3. The lowest BCUT2D eigenvalue weighted by Gasteiger charge is -2.28. The van der Waals surface area contributed by atoms with Crippen LogP contribution in [-0.4, -0.2) is 20.5 Å². The molecule has 0 unspecified atom stereocenters. The second kappa shape index (κ2) is 6.95. The Kier molecular flexibility index (Phi) is 6.02. The number of rotatable bonds is 4. The second-order valence-corrected chi connectivity index (χ2v) is 7.08. The summed E-state index contributed by atoms with van der Waals surface area (Å²) in [6, 6.07) is 6.23. The van der Waals surface area contributed by atoms with Crippen LogP contribution >= 0.6 is 24.0 Å². The van der Waals surface area contributed by atoms with Crippen molar-refractivity contribution in [3.05, 3.63) is 28.8 Å². The van der Waals surface area contributed by atoms with Crippen LogP contribution < -0.4 is 10.5 Å². The number of hydrogen-bond acceptors (Lipinski definition) is 4. The van der Waals surface area contributed by atoms with Crippen LogP contribution in [0.15, 0.2) is 23.1 Å². The van der Waals surface area contributed by atoms with Crippen LogP contribution in [0.4, 0.5) is 0 Å². The highest BCUT2D eigenvalue weighted by atomic mass is 35.5. The van der Waals surface area contributed by atoms with E-state index in [4.69, 9.17) is 22.6 Å². The average molecular weight is 350 g/mol. The molecule has 0 aliphatic heterocycles. The summed E-state index contributed by atoms with van der Waals surface area (Å²) in [6.07, 6.45) is 3.32. The van der Waals surface area contributed by atoms with Gasteiger partial charge >= 0.3 is 0 Å². The van der Waals surface area contributed by atoms with Crippen molar-refractivity contribution in [1.29, 1.82) is 5.26 Å². The molecule has 0 spiro atoms. The van der Waals surface area contributed by atoms with Crippen molar-refractivity contribution in [2.75, 3.05) is 6.54 Å². The normalized spacial score (nSPS) is 17.0. The van der Waals surface area contributed by atoms with Gasteiger partial charge in [-0.3, -0.25) is 0 Å². The zero-order chi connectivity index (χ0) is 14.8. The van der Waals surface area contributed by atoms with Crippen LogP contribution in [0.3, 0.4) is 0 Å². The van der Waals surface area contributed by atoms with Gasteiger partial charge in [0.05, 0.1) is 10.6 Å². The summed E-state index contributed by atoms with van der Waals surface area (Å²) in [5.74, 6) is 0. The third-order valence-electron chi connectivity index (χ3n) is 3.68. The van der Waals surface area contributed by atoms with Gasteiger partial charge in [-0.05, 0) is 25.0 Å². The minimum atomic E-state index is -3.82. The van der Waals surface area contributed by atoms with Gasteiger partial charge in [-0.25, -0.2) is 13.1 Å². The van der Waals surface area contributed by atoms with Crippen molar-refractivity contribution < 1.29 is 8.42 Å². The Bertz CT molecular complexity index is 650. The molecule has 1 aromatic rings. The Morgan fingerprint density at radius 1 is 1.38 bits per heavy atom. The number of benzene rings is 1. The van der Waals surface area contributed by atoms with E-state index in [1.54, 1.807) is 0 Å². The van der Waals surface area contributed by atoms with Crippen LogP contribution in [0, 0.1) is 11.3 Å². The highest BCUT2D eigenvalue weighted by molar-refractivity contribution is 7.89. The number of nitrogens with two attached hydrogens (primary N) is 1. The molecule has 0 amide bonds. The molecule has 116 valence electrons. The Labute approximate surface area is 135 Å². The lowest BCUT2D eigenvalue weighted by Crippen LogP contribution is -2.51. The molecule has 1 saturated carbocycles. The molecule has 3 N–H and O–H groups in total. The number of nitriles is 1. The van der Waals surface area contributed by atoms with Gasteiger partial charge in [0, 0.05) is 12.1 Å². The number of nitrogens with one attached hydrogen (secondary N) is 1. The summed E-state index contributed by atoms with van der Waals surface area (Å²) in [5, 5.41) is 9.22. The highest BCUT2D eigenvalue weighted by Gasteiger charge is 2.37. The van der Waals surface area contributed by atoms with Crippen molar-refractivity contribution in [3.63, 3.8) is 0 Å². The van der Waals surface area contributed by atoms with Crippen molar-refractivity contribution >= 4 is 34.0 Å². The summed E-state index contributed by atoms with van der Waals surface area (Å²) in [5.41, 5.74) is 5.10. The Balaban J connectivity index is 0.00000220. The van der Waals surface area contributed by atoms with Gasteiger partial charge in [0.1, 0.15) is 11.0 Å². The Morgan fingerprint density at radius 2 is 2.00 bits per heavy atom. The number of sulfonamides is 1. The number of hydrogen-bond donors (Lipinski definition) is 2. The lowest BCUT2D eigenvalue weighted by molar-refractivity contribution is 0.399. The van der Waals surface area contributed by atoms with E-state index in [1.807, 2.05) is 6.07 Å². The predicted molar refractivity (Wildman–Crippen MR) is 84.0 cm³/mol. The predicted octanol–water partition coefficient (Wildman–Crippen LogP) is 2.18. The summed E-state index contributed by atoms with van der Waals surface area (Å²) in [7, 11) is -3.82. The molecule has 8 heteroatoms. The number of halogens is 2. The van der Waals surface area contributed by atoms with Gasteiger partial charge in [0.15, 0.2) is 0 Å². The summed E-state index contributed by atoms with van der Waals surface area (Å²) in [6.45, 7) is 0.245. The van der Waals surface area contributed by atoms with E-state index in [2.05, 4.69) is 4.72 Å². The molecule has 21 heavy (non-hydrogen) atoms. The standard InChI is InChI=1S/C13H16ClN3O2S.ClH/c14-11-4-3-5-12(10(11)8-15)20(18,19)17-13(9-16)6-1-2-7-13;/h3-5,17H,1-2,6-7,9,16H2;1H. The molecule has 0 aromatic heterocycles. The third kappa shape index (κ3) is 3.68. The van der Waals surface area contributed by atoms with Gasteiger partial charge in [-0.15, -0.1) is 12.4 Å². The minimum absolute atomic E-state index is 0. The molecule has 0 atom stereocenters. The van der Waals surface area contributed by atoms with Gasteiger partial charge in [0.2, 0.25) is 10.0 Å². The van der Waals surface area contributed by atoms with E-state index in [0.717, 1.165) is 12.8 Å². The summed E-state index contributed by atoms with van der Waals surface area (Å²) < 4.78 is 27.7. The van der Waals surface area contributed by atoms with Crippen LogP contribution in [0.5, 0.6) is 0 Å². The topological polar surface area (TPSA) is 96.0 Å². The maximum atomic E-state index is 12.5. The third-order valence-corrected chi connectivity index (χ3v) is 5.61.